The first-order chi connectivity index (χ1) is 8.26. The Morgan fingerprint density at radius 3 is 2.76 bits per heavy atom. The van der Waals surface area contributed by atoms with Crippen LogP contribution in [-0.2, 0) is 6.54 Å². The second kappa shape index (κ2) is 8.31. The third-order valence-electron chi connectivity index (χ3n) is 2.94. The fourth-order valence-electron chi connectivity index (χ4n) is 2.03. The number of hydrogen-bond acceptors (Lipinski definition) is 3. The Hall–Kier alpha value is -0.800. The van der Waals surface area contributed by atoms with Crippen LogP contribution in [0.3, 0.4) is 0 Å². The van der Waals surface area contributed by atoms with Gasteiger partial charge in [-0.2, -0.15) is 0 Å². The van der Waals surface area contributed by atoms with E-state index in [1.165, 1.54) is 12.8 Å². The van der Waals surface area contributed by atoms with Crippen LogP contribution in [-0.4, -0.2) is 24.0 Å². The van der Waals surface area contributed by atoms with E-state index in [1.54, 1.807) is 6.26 Å². The number of nitrogens with zero attached hydrogens (tertiary/aromatic N) is 1. The molecule has 1 heterocycles. The largest absolute Gasteiger partial charge is 0.468 e. The molecule has 1 atom stereocenters. The van der Waals surface area contributed by atoms with Crippen molar-refractivity contribution in [1.29, 1.82) is 0 Å². The van der Waals surface area contributed by atoms with Crippen LogP contribution < -0.4 is 5.73 Å². The minimum atomic E-state index is 0.284. The van der Waals surface area contributed by atoms with Gasteiger partial charge in [-0.25, -0.2) is 0 Å². The summed E-state index contributed by atoms with van der Waals surface area (Å²) in [5, 5.41) is 0. The molecular formula is C14H26N2O. The molecule has 0 unspecified atom stereocenters. The summed E-state index contributed by atoms with van der Waals surface area (Å²) in [4.78, 5) is 2.41. The van der Waals surface area contributed by atoms with Gasteiger partial charge in [0.15, 0.2) is 0 Å². The van der Waals surface area contributed by atoms with Gasteiger partial charge in [0, 0.05) is 12.6 Å². The van der Waals surface area contributed by atoms with Crippen molar-refractivity contribution in [1.82, 2.24) is 4.90 Å². The van der Waals surface area contributed by atoms with Crippen molar-refractivity contribution in [2.24, 2.45) is 5.73 Å². The van der Waals surface area contributed by atoms with Crippen LogP contribution >= 0.6 is 0 Å². The van der Waals surface area contributed by atoms with Crippen molar-refractivity contribution >= 4 is 0 Å². The second-order valence-electron chi connectivity index (χ2n) is 4.72. The average Bonchev–Trinajstić information content (AvgIpc) is 2.79. The highest BCUT2D eigenvalue weighted by Crippen LogP contribution is 2.08. The Bertz CT molecular complexity index is 272. The van der Waals surface area contributed by atoms with Crippen molar-refractivity contribution in [3.63, 3.8) is 0 Å². The van der Waals surface area contributed by atoms with Gasteiger partial charge in [-0.1, -0.05) is 26.7 Å². The minimum absolute atomic E-state index is 0.284. The summed E-state index contributed by atoms with van der Waals surface area (Å²) in [6.07, 6.45) is 6.43. The molecule has 0 aliphatic heterocycles. The zero-order valence-corrected chi connectivity index (χ0v) is 11.2. The predicted molar refractivity (Wildman–Crippen MR) is 71.8 cm³/mol. The molecule has 0 aliphatic rings. The maximum absolute atomic E-state index is 6.11. The predicted octanol–water partition coefficient (Wildman–Crippen LogP) is 3.01. The second-order valence-corrected chi connectivity index (χ2v) is 4.72. The topological polar surface area (TPSA) is 42.4 Å². The van der Waals surface area contributed by atoms with Crippen LogP contribution in [0.25, 0.3) is 0 Å². The number of hydrogen-bond donors (Lipinski definition) is 1. The lowest BCUT2D eigenvalue weighted by Gasteiger charge is -2.24. The monoisotopic (exact) mass is 238 g/mol. The molecule has 0 bridgehead atoms. The van der Waals surface area contributed by atoms with Gasteiger partial charge in [0.2, 0.25) is 0 Å². The standard InChI is InChI=1S/C14H26N2O/c1-3-5-9-16(11-13(15)7-4-2)12-14-8-6-10-17-14/h6,8,10,13H,3-5,7,9,11-12,15H2,1-2H3/t13-/m0/s1. The summed E-state index contributed by atoms with van der Waals surface area (Å²) >= 11 is 0. The molecule has 0 radical (unpaired) electrons. The van der Waals surface area contributed by atoms with E-state index in [2.05, 4.69) is 18.7 Å². The molecule has 0 fully saturated rings. The van der Waals surface area contributed by atoms with Gasteiger partial charge in [0.05, 0.1) is 12.8 Å². The van der Waals surface area contributed by atoms with Gasteiger partial charge in [-0.15, -0.1) is 0 Å². The highest BCUT2D eigenvalue weighted by atomic mass is 16.3. The molecule has 0 saturated heterocycles. The molecule has 2 N–H and O–H groups in total. The maximum atomic E-state index is 6.11. The smallest absolute Gasteiger partial charge is 0.117 e. The van der Waals surface area contributed by atoms with Crippen LogP contribution in [0.4, 0.5) is 0 Å². The number of rotatable bonds is 9. The van der Waals surface area contributed by atoms with E-state index in [4.69, 9.17) is 10.2 Å². The van der Waals surface area contributed by atoms with Crippen LogP contribution in [0, 0.1) is 0 Å². The molecule has 0 aromatic carbocycles. The van der Waals surface area contributed by atoms with Crippen molar-refractivity contribution < 1.29 is 4.42 Å². The van der Waals surface area contributed by atoms with E-state index in [9.17, 15) is 0 Å². The highest BCUT2D eigenvalue weighted by molar-refractivity contribution is 4.98. The molecule has 0 spiro atoms. The van der Waals surface area contributed by atoms with E-state index in [0.717, 1.165) is 38.2 Å². The van der Waals surface area contributed by atoms with E-state index in [1.807, 2.05) is 12.1 Å². The summed E-state index contributed by atoms with van der Waals surface area (Å²) in [5.74, 6) is 1.03. The lowest BCUT2D eigenvalue weighted by molar-refractivity contribution is 0.223. The highest BCUT2D eigenvalue weighted by Gasteiger charge is 2.11. The summed E-state index contributed by atoms with van der Waals surface area (Å²) in [6.45, 7) is 7.35. The number of furan rings is 1. The Morgan fingerprint density at radius 2 is 2.18 bits per heavy atom. The first kappa shape index (κ1) is 14.3. The first-order valence-electron chi connectivity index (χ1n) is 6.76. The maximum Gasteiger partial charge on any atom is 0.117 e. The zero-order chi connectivity index (χ0) is 12.5. The Morgan fingerprint density at radius 1 is 1.35 bits per heavy atom. The van der Waals surface area contributed by atoms with Gasteiger partial charge in [-0.3, -0.25) is 4.90 Å². The summed E-state index contributed by atoms with van der Waals surface area (Å²) in [5.41, 5.74) is 6.11. The van der Waals surface area contributed by atoms with Gasteiger partial charge >= 0.3 is 0 Å². The summed E-state index contributed by atoms with van der Waals surface area (Å²) < 4.78 is 5.40. The third kappa shape index (κ3) is 5.89. The molecule has 3 nitrogen and oxygen atoms in total. The normalized spacial score (nSPS) is 13.2. The molecule has 0 saturated carbocycles. The van der Waals surface area contributed by atoms with Crippen molar-refractivity contribution in [2.45, 2.75) is 52.1 Å². The molecular weight excluding hydrogens is 212 g/mol. The molecule has 1 aromatic heterocycles. The first-order valence-corrected chi connectivity index (χ1v) is 6.76. The molecule has 0 amide bonds. The number of nitrogens with two attached hydrogens (primary N) is 1. The Balaban J connectivity index is 2.42. The molecule has 1 aromatic rings. The fraction of sp³-hybridized carbons (Fsp3) is 0.714. The third-order valence-corrected chi connectivity index (χ3v) is 2.94. The van der Waals surface area contributed by atoms with Crippen molar-refractivity contribution in [3.8, 4) is 0 Å². The molecule has 0 aliphatic carbocycles. The zero-order valence-electron chi connectivity index (χ0n) is 11.2. The van der Waals surface area contributed by atoms with Crippen LogP contribution in [0.5, 0.6) is 0 Å². The molecule has 17 heavy (non-hydrogen) atoms. The summed E-state index contributed by atoms with van der Waals surface area (Å²) in [6, 6.07) is 4.26. The SMILES string of the molecule is CCCCN(Cc1ccco1)C[C@@H](N)CCC. The van der Waals surface area contributed by atoms with E-state index in [-0.39, 0.29) is 6.04 Å². The Labute approximate surface area is 105 Å². The van der Waals surface area contributed by atoms with Crippen LogP contribution in [0.1, 0.15) is 45.3 Å². The van der Waals surface area contributed by atoms with Gasteiger partial charge in [0.25, 0.3) is 0 Å². The average molecular weight is 238 g/mol. The van der Waals surface area contributed by atoms with Crippen molar-refractivity contribution in [2.75, 3.05) is 13.1 Å². The molecule has 1 rings (SSSR count). The molecule has 3 heteroatoms. The van der Waals surface area contributed by atoms with Gasteiger partial charge in [0.1, 0.15) is 5.76 Å². The van der Waals surface area contributed by atoms with Crippen molar-refractivity contribution in [3.05, 3.63) is 24.2 Å². The van der Waals surface area contributed by atoms with E-state index in [0.29, 0.717) is 0 Å². The van der Waals surface area contributed by atoms with Crippen LogP contribution in [0.2, 0.25) is 0 Å². The van der Waals surface area contributed by atoms with Gasteiger partial charge in [-0.05, 0) is 31.5 Å². The number of unbranched alkanes of at least 4 members (excludes halogenated alkanes) is 1. The van der Waals surface area contributed by atoms with E-state index >= 15 is 0 Å². The lowest BCUT2D eigenvalue weighted by atomic mass is 10.1. The lowest BCUT2D eigenvalue weighted by Crippen LogP contribution is -2.37. The Kier molecular flexibility index (Phi) is 6.97. The van der Waals surface area contributed by atoms with Gasteiger partial charge < -0.3 is 10.2 Å². The quantitative estimate of drug-likeness (QED) is 0.719. The molecule has 98 valence electrons. The van der Waals surface area contributed by atoms with E-state index < -0.39 is 0 Å². The van der Waals surface area contributed by atoms with Crippen LogP contribution in [0.15, 0.2) is 22.8 Å². The minimum Gasteiger partial charge on any atom is -0.468 e. The summed E-state index contributed by atoms with van der Waals surface area (Å²) in [7, 11) is 0. The fourth-order valence-corrected chi connectivity index (χ4v) is 2.03.